The summed E-state index contributed by atoms with van der Waals surface area (Å²) in [4.78, 5) is 17.6. The van der Waals surface area contributed by atoms with Crippen LogP contribution in [0.5, 0.6) is 0 Å². The first kappa shape index (κ1) is 13.6. The van der Waals surface area contributed by atoms with Crippen molar-refractivity contribution in [1.29, 1.82) is 0 Å². The summed E-state index contributed by atoms with van der Waals surface area (Å²) in [5, 5.41) is 9.10. The molecule has 2 heterocycles. The molecule has 21 heavy (non-hydrogen) atoms. The maximum atomic E-state index is 11.1. The lowest BCUT2D eigenvalue weighted by Gasteiger charge is -2.31. The van der Waals surface area contributed by atoms with Crippen molar-refractivity contribution >= 4 is 11.7 Å². The van der Waals surface area contributed by atoms with Gasteiger partial charge in [0.15, 0.2) is 0 Å². The standard InChI is InChI=1S/C17H18N2O2/c1-12-7-13(10-18-9-12)11-19-6-2-3-14-8-15(17(20)21)4-5-16(14)19/h4-5,7-10H,2-3,6,11H2,1H3,(H,20,21). The first-order chi connectivity index (χ1) is 10.1. The molecule has 1 N–H and O–H groups in total. The van der Waals surface area contributed by atoms with E-state index in [0.29, 0.717) is 5.56 Å². The molecule has 0 atom stereocenters. The van der Waals surface area contributed by atoms with Crippen LogP contribution in [0, 0.1) is 6.92 Å². The number of nitrogens with zero attached hydrogens (tertiary/aromatic N) is 2. The summed E-state index contributed by atoms with van der Waals surface area (Å²) in [6, 6.07) is 7.57. The van der Waals surface area contributed by atoms with Crippen LogP contribution in [0.1, 0.15) is 33.5 Å². The smallest absolute Gasteiger partial charge is 0.335 e. The summed E-state index contributed by atoms with van der Waals surface area (Å²) in [5.41, 5.74) is 4.98. The van der Waals surface area contributed by atoms with E-state index in [9.17, 15) is 4.79 Å². The molecule has 108 valence electrons. The van der Waals surface area contributed by atoms with Gasteiger partial charge in [-0.15, -0.1) is 0 Å². The summed E-state index contributed by atoms with van der Waals surface area (Å²) in [6.45, 7) is 3.85. The highest BCUT2D eigenvalue weighted by atomic mass is 16.4. The van der Waals surface area contributed by atoms with Crippen LogP contribution in [-0.4, -0.2) is 22.6 Å². The average Bonchev–Trinajstić information content (AvgIpc) is 2.47. The predicted molar refractivity (Wildman–Crippen MR) is 81.7 cm³/mol. The van der Waals surface area contributed by atoms with Gasteiger partial charge in [0.05, 0.1) is 5.56 Å². The number of carboxylic acid groups (broad SMARTS) is 1. The van der Waals surface area contributed by atoms with Crippen LogP contribution in [-0.2, 0) is 13.0 Å². The highest BCUT2D eigenvalue weighted by molar-refractivity contribution is 5.88. The molecule has 0 fully saturated rings. The second-order valence-corrected chi connectivity index (χ2v) is 5.54. The van der Waals surface area contributed by atoms with E-state index in [1.54, 1.807) is 12.1 Å². The fraction of sp³-hybridized carbons (Fsp3) is 0.294. The molecule has 4 nitrogen and oxygen atoms in total. The lowest BCUT2D eigenvalue weighted by Crippen LogP contribution is -2.29. The Morgan fingerprint density at radius 1 is 1.33 bits per heavy atom. The number of carbonyl (C=O) groups is 1. The second-order valence-electron chi connectivity index (χ2n) is 5.54. The minimum atomic E-state index is -0.863. The van der Waals surface area contributed by atoms with Gasteiger partial charge in [-0.3, -0.25) is 4.98 Å². The molecule has 1 aromatic heterocycles. The molecule has 1 aliphatic heterocycles. The number of aromatic nitrogens is 1. The van der Waals surface area contributed by atoms with Crippen molar-refractivity contribution < 1.29 is 9.90 Å². The Bertz CT molecular complexity index is 682. The fourth-order valence-corrected chi connectivity index (χ4v) is 2.90. The van der Waals surface area contributed by atoms with Crippen molar-refractivity contribution in [3.63, 3.8) is 0 Å². The molecular weight excluding hydrogens is 264 g/mol. The van der Waals surface area contributed by atoms with Crippen LogP contribution in [0.4, 0.5) is 5.69 Å². The first-order valence-electron chi connectivity index (χ1n) is 7.15. The molecule has 0 unspecified atom stereocenters. The Labute approximate surface area is 124 Å². The van der Waals surface area contributed by atoms with Crippen molar-refractivity contribution in [1.82, 2.24) is 4.98 Å². The Morgan fingerprint density at radius 2 is 2.19 bits per heavy atom. The maximum absolute atomic E-state index is 11.1. The minimum absolute atomic E-state index is 0.368. The Hall–Kier alpha value is -2.36. The molecule has 1 aromatic carbocycles. The van der Waals surface area contributed by atoms with Crippen molar-refractivity contribution in [3.05, 3.63) is 58.9 Å². The molecule has 4 heteroatoms. The lowest BCUT2D eigenvalue weighted by molar-refractivity contribution is 0.0697. The molecule has 0 spiro atoms. The van der Waals surface area contributed by atoms with E-state index in [1.807, 2.05) is 25.4 Å². The molecule has 0 amide bonds. The number of pyridine rings is 1. The number of benzene rings is 1. The van der Waals surface area contributed by atoms with Crippen molar-refractivity contribution in [3.8, 4) is 0 Å². The quantitative estimate of drug-likeness (QED) is 0.940. The SMILES string of the molecule is Cc1cncc(CN2CCCc3cc(C(=O)O)ccc32)c1. The Morgan fingerprint density at radius 3 is 2.95 bits per heavy atom. The fourth-order valence-electron chi connectivity index (χ4n) is 2.90. The molecule has 0 bridgehead atoms. The molecule has 3 rings (SSSR count). The lowest BCUT2D eigenvalue weighted by atomic mass is 9.98. The zero-order valence-corrected chi connectivity index (χ0v) is 12.0. The molecular formula is C17H18N2O2. The summed E-state index contributed by atoms with van der Waals surface area (Å²) in [7, 11) is 0. The number of fused-ring (bicyclic) bond motifs is 1. The van der Waals surface area contributed by atoms with Crippen LogP contribution in [0.25, 0.3) is 0 Å². The topological polar surface area (TPSA) is 53.4 Å². The molecule has 0 saturated heterocycles. The van der Waals surface area contributed by atoms with Gasteiger partial charge in [0.2, 0.25) is 0 Å². The van der Waals surface area contributed by atoms with Gasteiger partial charge in [-0.2, -0.15) is 0 Å². The van der Waals surface area contributed by atoms with Gasteiger partial charge >= 0.3 is 5.97 Å². The minimum Gasteiger partial charge on any atom is -0.478 e. The number of aryl methyl sites for hydroxylation is 2. The van der Waals surface area contributed by atoms with E-state index in [2.05, 4.69) is 16.0 Å². The first-order valence-corrected chi connectivity index (χ1v) is 7.15. The van der Waals surface area contributed by atoms with Crippen LogP contribution >= 0.6 is 0 Å². The molecule has 0 aliphatic carbocycles. The monoisotopic (exact) mass is 282 g/mol. The molecule has 2 aromatic rings. The van der Waals surface area contributed by atoms with Crippen LogP contribution in [0.3, 0.4) is 0 Å². The summed E-state index contributed by atoms with van der Waals surface area (Å²) in [5.74, 6) is -0.863. The van der Waals surface area contributed by atoms with Crippen LogP contribution in [0.2, 0.25) is 0 Å². The van der Waals surface area contributed by atoms with Crippen molar-refractivity contribution in [2.45, 2.75) is 26.3 Å². The van der Waals surface area contributed by atoms with E-state index in [4.69, 9.17) is 5.11 Å². The van der Waals surface area contributed by atoms with Gasteiger partial charge in [-0.1, -0.05) is 6.07 Å². The van der Waals surface area contributed by atoms with Gasteiger partial charge in [-0.25, -0.2) is 4.79 Å². The highest BCUT2D eigenvalue weighted by Crippen LogP contribution is 2.29. The van der Waals surface area contributed by atoms with E-state index >= 15 is 0 Å². The number of rotatable bonds is 3. The normalized spacial score (nSPS) is 13.9. The largest absolute Gasteiger partial charge is 0.478 e. The number of aromatic carboxylic acids is 1. The third kappa shape index (κ3) is 2.89. The highest BCUT2D eigenvalue weighted by Gasteiger charge is 2.18. The van der Waals surface area contributed by atoms with E-state index in [-0.39, 0.29) is 0 Å². The van der Waals surface area contributed by atoms with E-state index < -0.39 is 5.97 Å². The van der Waals surface area contributed by atoms with Crippen LogP contribution < -0.4 is 4.90 Å². The Balaban J connectivity index is 1.88. The Kier molecular flexibility index (Phi) is 3.60. The van der Waals surface area contributed by atoms with Gasteiger partial charge < -0.3 is 10.0 Å². The zero-order chi connectivity index (χ0) is 14.8. The number of hydrogen-bond donors (Lipinski definition) is 1. The predicted octanol–water partition coefficient (Wildman–Crippen LogP) is 3.04. The summed E-state index contributed by atoms with van der Waals surface area (Å²) in [6.07, 6.45) is 5.74. The number of carboxylic acids is 1. The van der Waals surface area contributed by atoms with E-state index in [1.165, 1.54) is 5.56 Å². The van der Waals surface area contributed by atoms with Gasteiger partial charge in [0, 0.05) is 31.2 Å². The number of anilines is 1. The number of hydrogen-bond acceptors (Lipinski definition) is 3. The van der Waals surface area contributed by atoms with Gasteiger partial charge in [0.1, 0.15) is 0 Å². The van der Waals surface area contributed by atoms with Crippen LogP contribution in [0.15, 0.2) is 36.7 Å². The summed E-state index contributed by atoms with van der Waals surface area (Å²) >= 11 is 0. The van der Waals surface area contributed by atoms with Gasteiger partial charge in [0.25, 0.3) is 0 Å². The third-order valence-corrected chi connectivity index (χ3v) is 3.85. The van der Waals surface area contributed by atoms with Gasteiger partial charge in [-0.05, 0) is 54.7 Å². The zero-order valence-electron chi connectivity index (χ0n) is 12.0. The maximum Gasteiger partial charge on any atom is 0.335 e. The summed E-state index contributed by atoms with van der Waals surface area (Å²) < 4.78 is 0. The average molecular weight is 282 g/mol. The molecule has 0 saturated carbocycles. The van der Waals surface area contributed by atoms with Crippen molar-refractivity contribution in [2.24, 2.45) is 0 Å². The molecule has 0 radical (unpaired) electrons. The van der Waals surface area contributed by atoms with Crippen molar-refractivity contribution in [2.75, 3.05) is 11.4 Å². The molecule has 1 aliphatic rings. The second kappa shape index (κ2) is 5.56. The third-order valence-electron chi connectivity index (χ3n) is 3.85. The van der Waals surface area contributed by atoms with E-state index in [0.717, 1.165) is 42.7 Å².